The van der Waals surface area contributed by atoms with Crippen molar-refractivity contribution in [3.63, 3.8) is 0 Å². The summed E-state index contributed by atoms with van der Waals surface area (Å²) in [6.07, 6.45) is 1.16. The Morgan fingerprint density at radius 2 is 1.96 bits per heavy atom. The fourth-order valence-corrected chi connectivity index (χ4v) is 7.84. The van der Waals surface area contributed by atoms with Gasteiger partial charge in [0.25, 0.3) is 0 Å². The summed E-state index contributed by atoms with van der Waals surface area (Å²) >= 11 is 1.43. The number of anilines is 2. The molecule has 0 aliphatic carbocycles. The van der Waals surface area contributed by atoms with Gasteiger partial charge >= 0.3 is 0 Å². The van der Waals surface area contributed by atoms with E-state index in [2.05, 4.69) is 35.9 Å². The molecular weight excluding hydrogens is 394 g/mol. The van der Waals surface area contributed by atoms with Gasteiger partial charge in [-0.05, 0) is 51.0 Å². The first kappa shape index (κ1) is 21.2. The van der Waals surface area contributed by atoms with Gasteiger partial charge in [0.05, 0.1) is 17.5 Å². The number of sulfone groups is 1. The van der Waals surface area contributed by atoms with E-state index in [-0.39, 0.29) is 28.7 Å². The summed E-state index contributed by atoms with van der Waals surface area (Å²) in [5.41, 5.74) is 3.15. The molecule has 2 aliphatic heterocycles. The van der Waals surface area contributed by atoms with Gasteiger partial charge in [0.15, 0.2) is 15.0 Å². The maximum atomic E-state index is 12.2. The number of amidine groups is 1. The number of carbonyl (C=O) groups excluding carboxylic acids is 1. The molecule has 0 saturated carbocycles. The summed E-state index contributed by atoms with van der Waals surface area (Å²) in [7, 11) is -3.06. The van der Waals surface area contributed by atoms with Crippen LogP contribution in [0.25, 0.3) is 0 Å². The van der Waals surface area contributed by atoms with Crippen LogP contribution >= 0.6 is 11.8 Å². The molecule has 154 valence electrons. The van der Waals surface area contributed by atoms with E-state index < -0.39 is 9.84 Å². The van der Waals surface area contributed by atoms with Crippen LogP contribution in [-0.4, -0.2) is 55.4 Å². The van der Waals surface area contributed by atoms with Gasteiger partial charge in [-0.2, -0.15) is 4.99 Å². The molecule has 6 nitrogen and oxygen atoms in total. The zero-order chi connectivity index (χ0) is 20.5. The Bertz CT molecular complexity index is 879. The van der Waals surface area contributed by atoms with Crippen molar-refractivity contribution >= 4 is 44.0 Å². The van der Waals surface area contributed by atoms with E-state index >= 15 is 0 Å². The number of amides is 1. The van der Waals surface area contributed by atoms with Crippen molar-refractivity contribution < 1.29 is 13.2 Å². The summed E-state index contributed by atoms with van der Waals surface area (Å²) in [5, 5.41) is 0.571. The van der Waals surface area contributed by atoms with Crippen LogP contribution in [0.15, 0.2) is 23.2 Å². The third-order valence-corrected chi connectivity index (χ3v) is 8.53. The molecule has 0 aromatic heterocycles. The Balaban J connectivity index is 2.00. The molecule has 2 heterocycles. The topological polar surface area (TPSA) is 70.0 Å². The predicted molar refractivity (Wildman–Crippen MR) is 118 cm³/mol. The lowest BCUT2D eigenvalue weighted by molar-refractivity contribution is -0.117. The zero-order valence-corrected chi connectivity index (χ0v) is 18.6. The number of carbonyl (C=O) groups is 1. The van der Waals surface area contributed by atoms with E-state index in [1.165, 1.54) is 11.8 Å². The standard InChI is InChI=1S/C20H29N3O3S2/c1-5-8-19(24)21-20-23(17-12-28(25,26)13-18(17)27-20)16-10-9-15(11-14(16)4)22(6-2)7-3/h9-11,17-18H,5-8,12-13H2,1-4H3. The van der Waals surface area contributed by atoms with E-state index in [0.717, 1.165) is 36.4 Å². The fourth-order valence-electron chi connectivity index (χ4n) is 3.92. The first-order valence-corrected chi connectivity index (χ1v) is 12.6. The molecule has 2 aliphatic rings. The van der Waals surface area contributed by atoms with E-state index in [9.17, 15) is 13.2 Å². The third kappa shape index (κ3) is 4.22. The molecular formula is C20H29N3O3S2. The number of hydrogen-bond donors (Lipinski definition) is 0. The number of rotatable bonds is 6. The SMILES string of the molecule is CCCC(=O)N=C1SC2CS(=O)(=O)CC2N1c1ccc(N(CC)CC)cc1C. The number of aliphatic imine (C=N–C) groups is 1. The van der Waals surface area contributed by atoms with Crippen molar-refractivity contribution in [3.05, 3.63) is 23.8 Å². The minimum atomic E-state index is -3.06. The molecule has 0 spiro atoms. The molecule has 2 saturated heterocycles. The zero-order valence-electron chi connectivity index (χ0n) is 17.0. The first-order valence-electron chi connectivity index (χ1n) is 9.93. The van der Waals surface area contributed by atoms with Gasteiger partial charge < -0.3 is 9.80 Å². The summed E-state index contributed by atoms with van der Waals surface area (Å²) in [4.78, 5) is 20.8. The minimum absolute atomic E-state index is 0.0694. The van der Waals surface area contributed by atoms with Crippen molar-refractivity contribution in [3.8, 4) is 0 Å². The van der Waals surface area contributed by atoms with Gasteiger partial charge in [0.2, 0.25) is 5.91 Å². The second-order valence-electron chi connectivity index (χ2n) is 7.35. The second-order valence-corrected chi connectivity index (χ2v) is 10.7. The van der Waals surface area contributed by atoms with Crippen molar-refractivity contribution in [2.45, 2.75) is 51.8 Å². The smallest absolute Gasteiger partial charge is 0.248 e. The van der Waals surface area contributed by atoms with Gasteiger partial charge in [-0.25, -0.2) is 8.42 Å². The molecule has 2 unspecified atom stereocenters. The molecule has 1 amide bonds. The highest BCUT2D eigenvalue weighted by molar-refractivity contribution is 8.16. The average Bonchev–Trinajstić information content (AvgIpc) is 3.08. The van der Waals surface area contributed by atoms with E-state index in [4.69, 9.17) is 0 Å². The predicted octanol–water partition coefficient (Wildman–Crippen LogP) is 3.24. The molecule has 0 N–H and O–H groups in total. The summed E-state index contributed by atoms with van der Waals surface area (Å²) in [6, 6.07) is 6.08. The number of hydrogen-bond acceptors (Lipinski definition) is 5. The van der Waals surface area contributed by atoms with Crippen LogP contribution in [0.3, 0.4) is 0 Å². The molecule has 28 heavy (non-hydrogen) atoms. The van der Waals surface area contributed by atoms with Gasteiger partial charge in [-0.1, -0.05) is 18.7 Å². The van der Waals surface area contributed by atoms with Crippen molar-refractivity contribution in [2.75, 3.05) is 34.4 Å². The van der Waals surface area contributed by atoms with Crippen LogP contribution in [0.2, 0.25) is 0 Å². The van der Waals surface area contributed by atoms with E-state index in [1.54, 1.807) is 0 Å². The molecule has 2 atom stereocenters. The second kappa shape index (κ2) is 8.45. The Morgan fingerprint density at radius 1 is 1.25 bits per heavy atom. The quantitative estimate of drug-likeness (QED) is 0.700. The lowest BCUT2D eigenvalue weighted by Gasteiger charge is -2.28. The van der Waals surface area contributed by atoms with Gasteiger partial charge in [-0.15, -0.1) is 0 Å². The van der Waals surface area contributed by atoms with E-state index in [1.807, 2.05) is 24.8 Å². The summed E-state index contributed by atoms with van der Waals surface area (Å²) in [5.74, 6) is 0.120. The number of thioether (sulfide) groups is 1. The Kier molecular flexibility index (Phi) is 6.39. The Hall–Kier alpha value is -1.54. The molecule has 1 aromatic rings. The van der Waals surface area contributed by atoms with Crippen LogP contribution in [0.5, 0.6) is 0 Å². The summed E-state index contributed by atoms with van der Waals surface area (Å²) < 4.78 is 24.4. The van der Waals surface area contributed by atoms with Crippen LogP contribution in [-0.2, 0) is 14.6 Å². The van der Waals surface area contributed by atoms with Crippen LogP contribution in [0.1, 0.15) is 39.2 Å². The Labute approximate surface area is 172 Å². The minimum Gasteiger partial charge on any atom is -0.372 e. The number of fused-ring (bicyclic) bond motifs is 1. The molecule has 0 bridgehead atoms. The van der Waals surface area contributed by atoms with Crippen molar-refractivity contribution in [1.82, 2.24) is 0 Å². The molecule has 8 heteroatoms. The van der Waals surface area contributed by atoms with Crippen LogP contribution < -0.4 is 9.80 Å². The van der Waals surface area contributed by atoms with Gasteiger partial charge in [-0.3, -0.25) is 4.79 Å². The summed E-state index contributed by atoms with van der Waals surface area (Å²) in [6.45, 7) is 10.1. The Morgan fingerprint density at radius 3 is 2.57 bits per heavy atom. The number of nitrogens with zero attached hydrogens (tertiary/aromatic N) is 3. The average molecular weight is 424 g/mol. The van der Waals surface area contributed by atoms with Crippen molar-refractivity contribution in [2.24, 2.45) is 4.99 Å². The van der Waals surface area contributed by atoms with Crippen molar-refractivity contribution in [1.29, 1.82) is 0 Å². The maximum Gasteiger partial charge on any atom is 0.248 e. The monoisotopic (exact) mass is 423 g/mol. The molecule has 2 fully saturated rings. The van der Waals surface area contributed by atoms with Gasteiger partial charge in [0, 0.05) is 36.1 Å². The molecule has 3 rings (SSSR count). The van der Waals surface area contributed by atoms with Crippen LogP contribution in [0.4, 0.5) is 11.4 Å². The van der Waals surface area contributed by atoms with Gasteiger partial charge in [0.1, 0.15) is 0 Å². The lowest BCUT2D eigenvalue weighted by atomic mass is 10.1. The fraction of sp³-hybridized carbons (Fsp3) is 0.600. The van der Waals surface area contributed by atoms with E-state index in [0.29, 0.717) is 11.6 Å². The number of aryl methyl sites for hydroxylation is 1. The first-order chi connectivity index (χ1) is 13.3. The van der Waals surface area contributed by atoms with Crippen LogP contribution in [0, 0.1) is 6.92 Å². The third-order valence-electron chi connectivity index (χ3n) is 5.32. The normalized spacial score (nSPS) is 24.6. The number of benzene rings is 1. The lowest BCUT2D eigenvalue weighted by Crippen LogP contribution is -2.38. The largest absolute Gasteiger partial charge is 0.372 e. The highest BCUT2D eigenvalue weighted by atomic mass is 32.2. The maximum absolute atomic E-state index is 12.2. The highest BCUT2D eigenvalue weighted by Crippen LogP contribution is 2.42. The highest BCUT2D eigenvalue weighted by Gasteiger charge is 2.49. The molecule has 1 aromatic carbocycles. The molecule has 0 radical (unpaired) electrons.